The molecule has 0 saturated carbocycles. The first-order valence-electron chi connectivity index (χ1n) is 11.6. The lowest BCUT2D eigenvalue weighted by molar-refractivity contribution is -0.138. The first kappa shape index (κ1) is 28.6. The van der Waals surface area contributed by atoms with Crippen LogP contribution in [-0.4, -0.2) is 50.3 Å². The van der Waals surface area contributed by atoms with E-state index in [2.05, 4.69) is 20.3 Å². The Bertz CT molecular complexity index is 1670. The number of hydrogen-bond acceptors (Lipinski definition) is 7. The molecule has 1 atom stereocenters. The zero-order valence-corrected chi connectivity index (χ0v) is 20.9. The SMILES string of the molecule is Cc1c(Oc2ncc(C(F)(F)F)c(C)c2-c2cc(=O)c3c(C(=O)NC[C@H](O)CO)nccc3[nH]2)ccc(F)c1F. The minimum atomic E-state index is -4.83. The molecule has 0 aliphatic heterocycles. The fourth-order valence-electron chi connectivity index (χ4n) is 3.97. The zero-order chi connectivity index (χ0) is 29.4. The van der Waals surface area contributed by atoms with Crippen LogP contribution >= 0.6 is 0 Å². The van der Waals surface area contributed by atoms with Crippen LogP contribution in [0, 0.1) is 25.5 Å². The van der Waals surface area contributed by atoms with Gasteiger partial charge in [-0.25, -0.2) is 13.8 Å². The molecule has 4 N–H and O–H groups in total. The molecule has 0 aliphatic rings. The number of benzene rings is 1. The van der Waals surface area contributed by atoms with Crippen LogP contribution in [0.15, 0.2) is 41.5 Å². The minimum Gasteiger partial charge on any atom is -0.438 e. The van der Waals surface area contributed by atoms with Crippen molar-refractivity contribution in [2.75, 3.05) is 13.2 Å². The van der Waals surface area contributed by atoms with Crippen LogP contribution in [0.5, 0.6) is 11.6 Å². The van der Waals surface area contributed by atoms with E-state index in [1.54, 1.807) is 0 Å². The molecule has 4 rings (SSSR count). The summed E-state index contributed by atoms with van der Waals surface area (Å²) in [5.74, 6) is -3.86. The van der Waals surface area contributed by atoms with E-state index in [0.29, 0.717) is 6.20 Å². The number of nitrogens with one attached hydrogen (secondary N) is 2. The number of H-pyrrole nitrogens is 1. The van der Waals surface area contributed by atoms with Gasteiger partial charge >= 0.3 is 6.18 Å². The number of aliphatic hydroxyl groups excluding tert-OH is 2. The third kappa shape index (κ3) is 5.49. The number of aromatic amines is 1. The first-order chi connectivity index (χ1) is 18.8. The Hall–Kier alpha value is -4.43. The predicted octanol–water partition coefficient (Wildman–Crippen LogP) is 3.77. The first-order valence-corrected chi connectivity index (χ1v) is 11.6. The standard InChI is InChI=1S/C26H21F5N4O5/c1-11-14(26(29,30)31)9-34-25(40-19-4-3-15(27)22(28)12(19)2)20(11)17-7-18(38)21-16(35-17)5-6-32-23(21)24(39)33-8-13(37)10-36/h3-7,9,13,36-37H,8,10H2,1-2H3,(H,33,39)(H,35,38)/t13-/m0/s1. The van der Waals surface area contributed by atoms with Gasteiger partial charge in [-0.3, -0.25) is 14.6 Å². The van der Waals surface area contributed by atoms with Crippen LogP contribution in [0.25, 0.3) is 22.2 Å². The number of aliphatic hydroxyl groups is 2. The molecular formula is C26H21F5N4O5. The van der Waals surface area contributed by atoms with Crippen molar-refractivity contribution in [3.63, 3.8) is 0 Å². The molecule has 210 valence electrons. The van der Waals surface area contributed by atoms with Gasteiger partial charge in [0.25, 0.3) is 5.91 Å². The fourth-order valence-corrected chi connectivity index (χ4v) is 3.97. The molecule has 1 aromatic carbocycles. The Morgan fingerprint density at radius 3 is 2.55 bits per heavy atom. The van der Waals surface area contributed by atoms with E-state index in [4.69, 9.17) is 9.84 Å². The van der Waals surface area contributed by atoms with Gasteiger partial charge < -0.3 is 25.3 Å². The average Bonchev–Trinajstić information content (AvgIpc) is 2.90. The Morgan fingerprint density at radius 2 is 1.88 bits per heavy atom. The number of carbonyl (C=O) groups is 1. The van der Waals surface area contributed by atoms with E-state index in [1.165, 1.54) is 19.2 Å². The van der Waals surface area contributed by atoms with Gasteiger partial charge in [-0.1, -0.05) is 0 Å². The molecule has 0 fully saturated rings. The van der Waals surface area contributed by atoms with Crippen molar-refractivity contribution >= 4 is 16.8 Å². The monoisotopic (exact) mass is 564 g/mol. The molecule has 0 saturated heterocycles. The number of alkyl halides is 3. The van der Waals surface area contributed by atoms with Gasteiger partial charge in [0, 0.05) is 30.6 Å². The van der Waals surface area contributed by atoms with Crippen molar-refractivity contribution in [1.82, 2.24) is 20.3 Å². The highest BCUT2D eigenvalue weighted by molar-refractivity contribution is 6.04. The summed E-state index contributed by atoms with van der Waals surface area (Å²) in [6, 6.07) is 4.11. The molecule has 4 aromatic rings. The highest BCUT2D eigenvalue weighted by Gasteiger charge is 2.35. The Balaban J connectivity index is 1.89. The van der Waals surface area contributed by atoms with Crippen molar-refractivity contribution in [1.29, 1.82) is 0 Å². The van der Waals surface area contributed by atoms with E-state index >= 15 is 0 Å². The topological polar surface area (TPSA) is 137 Å². The van der Waals surface area contributed by atoms with Crippen molar-refractivity contribution in [2.45, 2.75) is 26.1 Å². The van der Waals surface area contributed by atoms with Crippen LogP contribution in [0.1, 0.15) is 27.2 Å². The van der Waals surface area contributed by atoms with Gasteiger partial charge in [-0.05, 0) is 37.6 Å². The number of hydrogen-bond donors (Lipinski definition) is 4. The second kappa shape index (κ2) is 11.0. The number of fused-ring (bicyclic) bond motifs is 1. The van der Waals surface area contributed by atoms with Crippen molar-refractivity contribution in [3.8, 4) is 22.9 Å². The summed E-state index contributed by atoms with van der Waals surface area (Å²) in [5.41, 5.74) is -3.32. The Morgan fingerprint density at radius 1 is 1.15 bits per heavy atom. The summed E-state index contributed by atoms with van der Waals surface area (Å²) in [5, 5.41) is 20.5. The maximum absolute atomic E-state index is 14.1. The summed E-state index contributed by atoms with van der Waals surface area (Å²) in [6.07, 6.45) is -4.38. The second-order valence-corrected chi connectivity index (χ2v) is 8.74. The molecule has 3 heterocycles. The maximum Gasteiger partial charge on any atom is 0.418 e. The van der Waals surface area contributed by atoms with E-state index in [0.717, 1.165) is 25.1 Å². The molecule has 0 unspecified atom stereocenters. The fraction of sp³-hybridized carbons (Fsp3) is 0.231. The number of pyridine rings is 3. The van der Waals surface area contributed by atoms with Crippen molar-refractivity contribution in [2.24, 2.45) is 0 Å². The van der Waals surface area contributed by atoms with Crippen molar-refractivity contribution in [3.05, 3.63) is 80.9 Å². The quantitative estimate of drug-likeness (QED) is 0.251. The lowest BCUT2D eigenvalue weighted by Gasteiger charge is -2.18. The third-order valence-corrected chi connectivity index (χ3v) is 6.04. The molecule has 40 heavy (non-hydrogen) atoms. The molecule has 1 amide bonds. The van der Waals surface area contributed by atoms with E-state index in [9.17, 15) is 36.6 Å². The van der Waals surface area contributed by atoms with Crippen molar-refractivity contribution < 1.29 is 41.7 Å². The van der Waals surface area contributed by atoms with E-state index in [-0.39, 0.29) is 51.3 Å². The molecule has 3 aromatic heterocycles. The normalized spacial score (nSPS) is 12.4. The summed E-state index contributed by atoms with van der Waals surface area (Å²) < 4.78 is 74.7. The molecule has 0 spiro atoms. The van der Waals surface area contributed by atoms with Crippen LogP contribution in [0.4, 0.5) is 22.0 Å². The van der Waals surface area contributed by atoms with Crippen LogP contribution in [0.3, 0.4) is 0 Å². The number of rotatable bonds is 7. The second-order valence-electron chi connectivity index (χ2n) is 8.74. The maximum atomic E-state index is 14.1. The largest absolute Gasteiger partial charge is 0.438 e. The Kier molecular flexibility index (Phi) is 7.84. The van der Waals surface area contributed by atoms with Crippen LogP contribution in [0.2, 0.25) is 0 Å². The summed E-state index contributed by atoms with van der Waals surface area (Å²) in [7, 11) is 0. The molecule has 0 aliphatic carbocycles. The summed E-state index contributed by atoms with van der Waals surface area (Å²) in [6.45, 7) is 1.39. The van der Waals surface area contributed by atoms with Gasteiger partial charge in [0.15, 0.2) is 17.1 Å². The molecule has 0 bridgehead atoms. The number of ether oxygens (including phenoxy) is 1. The highest BCUT2D eigenvalue weighted by atomic mass is 19.4. The number of halogens is 5. The average molecular weight is 564 g/mol. The summed E-state index contributed by atoms with van der Waals surface area (Å²) >= 11 is 0. The van der Waals surface area contributed by atoms with Crippen LogP contribution in [-0.2, 0) is 6.18 Å². The van der Waals surface area contributed by atoms with Gasteiger partial charge in [0.1, 0.15) is 11.4 Å². The lowest BCUT2D eigenvalue weighted by atomic mass is 10.0. The smallest absolute Gasteiger partial charge is 0.418 e. The molecule has 14 heteroatoms. The number of carbonyl (C=O) groups excluding carboxylic acids is 1. The Labute approximate surface area is 222 Å². The minimum absolute atomic E-state index is 0.0251. The van der Waals surface area contributed by atoms with Gasteiger partial charge in [-0.2, -0.15) is 13.2 Å². The van der Waals surface area contributed by atoms with Gasteiger partial charge in [0.2, 0.25) is 5.88 Å². The lowest BCUT2D eigenvalue weighted by Crippen LogP contribution is -2.34. The van der Waals surface area contributed by atoms with Crippen LogP contribution < -0.4 is 15.5 Å². The number of amides is 1. The zero-order valence-electron chi connectivity index (χ0n) is 20.9. The van der Waals surface area contributed by atoms with E-state index < -0.39 is 53.3 Å². The predicted molar refractivity (Wildman–Crippen MR) is 132 cm³/mol. The number of aromatic nitrogens is 3. The summed E-state index contributed by atoms with van der Waals surface area (Å²) in [4.78, 5) is 36.3. The van der Waals surface area contributed by atoms with E-state index in [1.807, 2.05) is 0 Å². The molecule has 0 radical (unpaired) electrons. The van der Waals surface area contributed by atoms with Gasteiger partial charge in [-0.15, -0.1) is 0 Å². The molecular weight excluding hydrogens is 543 g/mol. The highest BCUT2D eigenvalue weighted by Crippen LogP contribution is 2.41. The van der Waals surface area contributed by atoms with Gasteiger partial charge in [0.05, 0.1) is 40.4 Å². The molecule has 9 nitrogen and oxygen atoms in total. The third-order valence-electron chi connectivity index (χ3n) is 6.04. The number of nitrogens with zero attached hydrogens (tertiary/aromatic N) is 2.